The van der Waals surface area contributed by atoms with Crippen molar-refractivity contribution in [1.29, 1.82) is 0 Å². The van der Waals surface area contributed by atoms with Crippen LogP contribution in [0.15, 0.2) is 47.4 Å². The monoisotopic (exact) mass is 381 g/mol. The van der Waals surface area contributed by atoms with E-state index < -0.39 is 16.0 Å². The third-order valence-corrected chi connectivity index (χ3v) is 5.83. The number of benzene rings is 2. The Hall–Kier alpha value is -2.05. The average Bonchev–Trinajstić information content (AvgIpc) is 2.57. The van der Waals surface area contributed by atoms with Gasteiger partial charge in [0, 0.05) is 11.6 Å². The van der Waals surface area contributed by atoms with E-state index in [1.165, 1.54) is 28.6 Å². The Kier molecular flexibility index (Phi) is 6.08. The minimum absolute atomic E-state index is 0.139. The van der Waals surface area contributed by atoms with E-state index in [0.29, 0.717) is 16.3 Å². The van der Waals surface area contributed by atoms with Crippen molar-refractivity contribution in [3.05, 3.63) is 58.6 Å². The minimum Gasteiger partial charge on any atom is -0.462 e. The van der Waals surface area contributed by atoms with Crippen LogP contribution in [0.3, 0.4) is 0 Å². The summed E-state index contributed by atoms with van der Waals surface area (Å²) >= 11 is 5.84. The summed E-state index contributed by atoms with van der Waals surface area (Å²) in [7, 11) is -3.78. The number of ether oxygens (including phenoxy) is 1. The molecule has 0 radical (unpaired) electrons. The number of carbonyl (C=O) groups is 1. The highest BCUT2D eigenvalue weighted by Crippen LogP contribution is 2.28. The normalized spacial score (nSPS) is 11.2. The van der Waals surface area contributed by atoms with E-state index in [-0.39, 0.29) is 18.0 Å². The number of hydrogen-bond donors (Lipinski definition) is 0. The lowest BCUT2D eigenvalue weighted by atomic mass is 10.1. The molecule has 0 saturated carbocycles. The quantitative estimate of drug-likeness (QED) is 0.708. The van der Waals surface area contributed by atoms with Crippen molar-refractivity contribution in [1.82, 2.24) is 0 Å². The maximum atomic E-state index is 13.0. The molecule has 0 saturated heterocycles. The van der Waals surface area contributed by atoms with Gasteiger partial charge >= 0.3 is 5.97 Å². The van der Waals surface area contributed by atoms with Crippen LogP contribution in [-0.4, -0.2) is 27.5 Å². The van der Waals surface area contributed by atoms with E-state index in [2.05, 4.69) is 0 Å². The van der Waals surface area contributed by atoms with E-state index in [9.17, 15) is 13.2 Å². The van der Waals surface area contributed by atoms with Crippen molar-refractivity contribution in [3.63, 3.8) is 0 Å². The van der Waals surface area contributed by atoms with Crippen molar-refractivity contribution < 1.29 is 17.9 Å². The Morgan fingerprint density at radius 2 is 1.76 bits per heavy atom. The number of sulfonamides is 1. The van der Waals surface area contributed by atoms with Gasteiger partial charge in [0.25, 0.3) is 10.0 Å². The Labute approximate surface area is 153 Å². The Morgan fingerprint density at radius 1 is 1.12 bits per heavy atom. The molecule has 0 fully saturated rings. The fraction of sp³-hybridized carbons (Fsp3) is 0.278. The van der Waals surface area contributed by atoms with Crippen LogP contribution >= 0.6 is 11.6 Å². The lowest BCUT2D eigenvalue weighted by molar-refractivity contribution is 0.0526. The molecule has 0 bridgehead atoms. The van der Waals surface area contributed by atoms with E-state index in [1.54, 1.807) is 39.0 Å². The zero-order chi connectivity index (χ0) is 18.6. The summed E-state index contributed by atoms with van der Waals surface area (Å²) in [5.41, 5.74) is 1.50. The third-order valence-electron chi connectivity index (χ3n) is 3.68. The fourth-order valence-corrected chi connectivity index (χ4v) is 4.08. The van der Waals surface area contributed by atoms with Crippen LogP contribution in [0.25, 0.3) is 0 Å². The molecule has 5 nitrogen and oxygen atoms in total. The predicted molar refractivity (Wildman–Crippen MR) is 98.8 cm³/mol. The number of nitrogens with zero attached hydrogens (tertiary/aromatic N) is 1. The number of hydrogen-bond acceptors (Lipinski definition) is 4. The van der Waals surface area contributed by atoms with Gasteiger partial charge in [-0.25, -0.2) is 13.2 Å². The maximum Gasteiger partial charge on any atom is 0.338 e. The number of aryl methyl sites for hydroxylation is 1. The zero-order valence-electron chi connectivity index (χ0n) is 14.3. The Morgan fingerprint density at radius 3 is 2.32 bits per heavy atom. The number of anilines is 1. The summed E-state index contributed by atoms with van der Waals surface area (Å²) in [6.07, 6.45) is 0. The topological polar surface area (TPSA) is 63.7 Å². The number of esters is 1. The van der Waals surface area contributed by atoms with Gasteiger partial charge in [0.2, 0.25) is 0 Å². The molecule has 0 amide bonds. The second-order valence-corrected chi connectivity index (χ2v) is 7.64. The van der Waals surface area contributed by atoms with E-state index in [0.717, 1.165) is 5.56 Å². The summed E-state index contributed by atoms with van der Waals surface area (Å²) in [5.74, 6) is -0.483. The number of halogens is 1. The van der Waals surface area contributed by atoms with E-state index in [4.69, 9.17) is 16.3 Å². The van der Waals surface area contributed by atoms with Crippen molar-refractivity contribution in [2.45, 2.75) is 25.7 Å². The highest BCUT2D eigenvalue weighted by Gasteiger charge is 2.25. The predicted octanol–water partition coefficient (Wildman–Crippen LogP) is 4.04. The van der Waals surface area contributed by atoms with Crippen molar-refractivity contribution >= 4 is 33.3 Å². The van der Waals surface area contributed by atoms with E-state index >= 15 is 0 Å². The zero-order valence-corrected chi connectivity index (χ0v) is 15.9. The Bertz CT molecular complexity index is 863. The highest BCUT2D eigenvalue weighted by molar-refractivity contribution is 7.92. The molecule has 25 heavy (non-hydrogen) atoms. The third kappa shape index (κ3) is 4.14. The second kappa shape index (κ2) is 7.89. The molecule has 7 heteroatoms. The standard InChI is InChI=1S/C18H20ClNO4S/c1-4-20(25(22,23)16-10-8-15(19)9-11-16)17-12-14(7-6-13(17)3)18(21)24-5-2/h6-12H,4-5H2,1-3H3. The highest BCUT2D eigenvalue weighted by atomic mass is 35.5. The van der Waals surface area contributed by atoms with Crippen molar-refractivity contribution in [2.75, 3.05) is 17.5 Å². The molecular weight excluding hydrogens is 362 g/mol. The molecule has 0 atom stereocenters. The van der Waals surface area contributed by atoms with Gasteiger partial charge in [-0.2, -0.15) is 0 Å². The van der Waals surface area contributed by atoms with Gasteiger partial charge < -0.3 is 4.74 Å². The molecule has 0 spiro atoms. The summed E-state index contributed by atoms with van der Waals surface area (Å²) in [6, 6.07) is 10.9. The van der Waals surface area contributed by atoms with Gasteiger partial charge in [0.1, 0.15) is 0 Å². The van der Waals surface area contributed by atoms with Crippen LogP contribution in [0.2, 0.25) is 5.02 Å². The molecule has 2 aromatic carbocycles. The minimum atomic E-state index is -3.78. The van der Waals surface area contributed by atoms with Crippen LogP contribution in [0.4, 0.5) is 5.69 Å². The molecule has 0 N–H and O–H groups in total. The van der Waals surface area contributed by atoms with Gasteiger partial charge in [0.15, 0.2) is 0 Å². The van der Waals surface area contributed by atoms with Gasteiger partial charge in [-0.3, -0.25) is 4.31 Å². The molecule has 0 heterocycles. The van der Waals surface area contributed by atoms with Crippen molar-refractivity contribution in [3.8, 4) is 0 Å². The van der Waals surface area contributed by atoms with Gasteiger partial charge in [-0.05, 0) is 62.7 Å². The smallest absolute Gasteiger partial charge is 0.338 e. The average molecular weight is 382 g/mol. The molecule has 0 aromatic heterocycles. The second-order valence-electron chi connectivity index (χ2n) is 5.35. The van der Waals surface area contributed by atoms with Crippen LogP contribution in [0.1, 0.15) is 29.8 Å². The molecule has 0 aliphatic heterocycles. The van der Waals surface area contributed by atoms with Gasteiger partial charge in [0.05, 0.1) is 22.8 Å². The lowest BCUT2D eigenvalue weighted by Gasteiger charge is -2.25. The maximum absolute atomic E-state index is 13.0. The molecule has 0 aliphatic rings. The SMILES string of the molecule is CCOC(=O)c1ccc(C)c(N(CC)S(=O)(=O)c2ccc(Cl)cc2)c1. The first kappa shape index (κ1) is 19.3. The summed E-state index contributed by atoms with van der Waals surface area (Å²) < 4.78 is 32.3. The van der Waals surface area contributed by atoms with Crippen LogP contribution in [0, 0.1) is 6.92 Å². The van der Waals surface area contributed by atoms with Crippen LogP contribution < -0.4 is 4.31 Å². The first-order chi connectivity index (χ1) is 11.8. The van der Waals surface area contributed by atoms with Gasteiger partial charge in [-0.15, -0.1) is 0 Å². The van der Waals surface area contributed by atoms with Crippen molar-refractivity contribution in [2.24, 2.45) is 0 Å². The molecule has 2 aromatic rings. The Balaban J connectivity index is 2.51. The lowest BCUT2D eigenvalue weighted by Crippen LogP contribution is -2.31. The molecular formula is C18H20ClNO4S. The van der Waals surface area contributed by atoms with E-state index in [1.807, 2.05) is 0 Å². The fourth-order valence-electron chi connectivity index (χ4n) is 2.42. The van der Waals surface area contributed by atoms with Gasteiger partial charge in [-0.1, -0.05) is 17.7 Å². The summed E-state index contributed by atoms with van der Waals surface area (Å²) in [5, 5.41) is 0.461. The number of carbonyl (C=O) groups excluding carboxylic acids is 1. The summed E-state index contributed by atoms with van der Waals surface area (Å²) in [6.45, 7) is 5.73. The van der Waals surface area contributed by atoms with Crippen LogP contribution in [0.5, 0.6) is 0 Å². The summed E-state index contributed by atoms with van der Waals surface area (Å²) in [4.78, 5) is 12.1. The molecule has 0 aliphatic carbocycles. The first-order valence-corrected chi connectivity index (χ1v) is 9.69. The first-order valence-electron chi connectivity index (χ1n) is 7.87. The largest absolute Gasteiger partial charge is 0.462 e. The number of rotatable bonds is 6. The molecule has 2 rings (SSSR count). The molecule has 134 valence electrons. The van der Waals surface area contributed by atoms with Crippen LogP contribution in [-0.2, 0) is 14.8 Å². The molecule has 0 unspecified atom stereocenters.